The van der Waals surface area contributed by atoms with Gasteiger partial charge in [0.15, 0.2) is 0 Å². The fraction of sp³-hybridized carbons (Fsp3) is 0.100. The Morgan fingerprint density at radius 1 is 1.14 bits per heavy atom. The second kappa shape index (κ2) is 7.75. The van der Waals surface area contributed by atoms with E-state index in [0.29, 0.717) is 11.3 Å². The zero-order valence-corrected chi connectivity index (χ0v) is 15.3. The van der Waals surface area contributed by atoms with Gasteiger partial charge in [-0.1, -0.05) is 35.9 Å². The average Bonchev–Trinajstić information content (AvgIpc) is 2.66. The largest absolute Gasteiger partial charge is 0.493 e. The lowest BCUT2D eigenvalue weighted by molar-refractivity contribution is 0.0955. The van der Waals surface area contributed by atoms with E-state index in [4.69, 9.17) is 0 Å². The van der Waals surface area contributed by atoms with E-state index < -0.39 is 23.0 Å². The van der Waals surface area contributed by atoms with Crippen LogP contribution in [0.4, 0.5) is 0 Å². The number of aromatic hydroxyl groups is 1. The van der Waals surface area contributed by atoms with E-state index in [2.05, 4.69) is 15.5 Å². The summed E-state index contributed by atoms with van der Waals surface area (Å²) < 4.78 is 0.983. The van der Waals surface area contributed by atoms with Crippen LogP contribution in [0.5, 0.6) is 5.88 Å². The second-order valence-corrected chi connectivity index (χ2v) is 6.19. The summed E-state index contributed by atoms with van der Waals surface area (Å²) in [6.07, 6.45) is 0.995. The summed E-state index contributed by atoms with van der Waals surface area (Å²) in [5.41, 5.74) is 2.96. The van der Waals surface area contributed by atoms with Crippen molar-refractivity contribution in [3.05, 3.63) is 91.6 Å². The van der Waals surface area contributed by atoms with Gasteiger partial charge in [0.25, 0.3) is 11.5 Å². The molecule has 3 rings (SSSR count). The molecule has 0 saturated heterocycles. The number of benzene rings is 2. The summed E-state index contributed by atoms with van der Waals surface area (Å²) in [6, 6.07) is 13.7. The Balaban J connectivity index is 1.97. The monoisotopic (exact) mass is 378 g/mol. The first-order chi connectivity index (χ1) is 13.4. The first-order valence-electron chi connectivity index (χ1n) is 8.43. The molecule has 0 bridgehead atoms. The van der Waals surface area contributed by atoms with Crippen molar-refractivity contribution in [2.75, 3.05) is 0 Å². The molecular weight excluding hydrogens is 360 g/mol. The summed E-state index contributed by atoms with van der Waals surface area (Å²) >= 11 is 0. The van der Waals surface area contributed by atoms with E-state index in [1.165, 1.54) is 0 Å². The predicted octanol–water partition coefficient (Wildman–Crippen LogP) is 1.61. The Bertz CT molecular complexity index is 1180. The highest BCUT2D eigenvalue weighted by Crippen LogP contribution is 2.19. The number of carbonyl (C=O) groups is 1. The van der Waals surface area contributed by atoms with E-state index in [1.807, 2.05) is 13.0 Å². The Labute approximate surface area is 159 Å². The second-order valence-electron chi connectivity index (χ2n) is 6.19. The highest BCUT2D eigenvalue weighted by molar-refractivity contribution is 5.94. The normalized spacial score (nSPS) is 10.9. The van der Waals surface area contributed by atoms with Crippen LogP contribution in [0.2, 0.25) is 0 Å². The summed E-state index contributed by atoms with van der Waals surface area (Å²) in [6.45, 7) is 3.69. The molecule has 0 aliphatic heterocycles. The topological polar surface area (TPSA) is 117 Å². The van der Waals surface area contributed by atoms with Crippen LogP contribution in [-0.2, 0) is 0 Å². The number of hydrogen-bond acceptors (Lipinski definition) is 5. The molecule has 28 heavy (non-hydrogen) atoms. The fourth-order valence-corrected chi connectivity index (χ4v) is 2.74. The number of aromatic nitrogens is 2. The van der Waals surface area contributed by atoms with E-state index in [-0.39, 0.29) is 5.56 Å². The SMILES string of the molecule is Cc1ccc(-n2c(O)c(C=NNC(=O)c3ccccc3)c(=O)[nH]c2=O)c(C)c1. The Morgan fingerprint density at radius 2 is 1.86 bits per heavy atom. The molecule has 0 atom stereocenters. The Hall–Kier alpha value is -3.94. The van der Waals surface area contributed by atoms with E-state index in [0.717, 1.165) is 21.9 Å². The molecule has 0 aliphatic rings. The maximum Gasteiger partial charge on any atom is 0.335 e. The number of H-pyrrole nitrogens is 1. The van der Waals surface area contributed by atoms with Gasteiger partial charge in [0.1, 0.15) is 5.56 Å². The van der Waals surface area contributed by atoms with Gasteiger partial charge in [-0.3, -0.25) is 14.6 Å². The van der Waals surface area contributed by atoms with E-state index >= 15 is 0 Å². The maximum atomic E-state index is 12.3. The maximum absolute atomic E-state index is 12.3. The summed E-state index contributed by atoms with van der Waals surface area (Å²) in [7, 11) is 0. The van der Waals surface area contributed by atoms with E-state index in [9.17, 15) is 19.5 Å². The molecule has 1 aromatic heterocycles. The summed E-state index contributed by atoms with van der Waals surface area (Å²) in [5, 5.41) is 14.2. The molecule has 3 aromatic rings. The minimum Gasteiger partial charge on any atom is -0.493 e. The number of rotatable bonds is 4. The number of nitrogens with zero attached hydrogens (tertiary/aromatic N) is 2. The number of hydrogen-bond donors (Lipinski definition) is 3. The minimum atomic E-state index is -0.818. The molecule has 0 saturated carbocycles. The van der Waals surface area contributed by atoms with Crippen LogP contribution in [0.25, 0.3) is 5.69 Å². The molecule has 2 aromatic carbocycles. The van der Waals surface area contributed by atoms with Crippen molar-refractivity contribution >= 4 is 12.1 Å². The van der Waals surface area contributed by atoms with Gasteiger partial charge in [-0.05, 0) is 37.6 Å². The number of amides is 1. The lowest BCUT2D eigenvalue weighted by atomic mass is 10.1. The molecule has 0 fully saturated rings. The van der Waals surface area contributed by atoms with Crippen molar-refractivity contribution in [3.63, 3.8) is 0 Å². The van der Waals surface area contributed by atoms with Crippen molar-refractivity contribution in [1.29, 1.82) is 0 Å². The fourth-order valence-electron chi connectivity index (χ4n) is 2.74. The molecule has 1 heterocycles. The van der Waals surface area contributed by atoms with Crippen LogP contribution in [0.15, 0.2) is 63.2 Å². The van der Waals surface area contributed by atoms with Crippen molar-refractivity contribution in [2.45, 2.75) is 13.8 Å². The minimum absolute atomic E-state index is 0.257. The van der Waals surface area contributed by atoms with Crippen LogP contribution in [0.3, 0.4) is 0 Å². The molecule has 1 amide bonds. The average molecular weight is 378 g/mol. The number of aromatic amines is 1. The van der Waals surface area contributed by atoms with Crippen molar-refractivity contribution in [1.82, 2.24) is 15.0 Å². The van der Waals surface area contributed by atoms with E-state index in [1.54, 1.807) is 49.4 Å². The lowest BCUT2D eigenvalue weighted by Crippen LogP contribution is -2.32. The molecule has 0 radical (unpaired) electrons. The molecule has 3 N–H and O–H groups in total. The van der Waals surface area contributed by atoms with Crippen LogP contribution < -0.4 is 16.7 Å². The molecule has 8 nitrogen and oxygen atoms in total. The molecule has 0 spiro atoms. The standard InChI is InChI=1S/C20H18N4O4/c1-12-8-9-16(13(2)10-12)24-19(27)15(18(26)22-20(24)28)11-21-23-17(25)14-6-4-3-5-7-14/h3-11,27H,1-2H3,(H,23,25)(H,22,26,28). The number of aryl methyl sites for hydroxylation is 2. The molecule has 142 valence electrons. The number of hydrazone groups is 1. The third-order valence-electron chi connectivity index (χ3n) is 4.11. The van der Waals surface area contributed by atoms with Crippen molar-refractivity contribution in [2.24, 2.45) is 5.10 Å². The van der Waals surface area contributed by atoms with Gasteiger partial charge in [0.2, 0.25) is 5.88 Å². The summed E-state index contributed by atoms with van der Waals surface area (Å²) in [5.74, 6) is -1.05. The number of nitrogens with one attached hydrogen (secondary N) is 2. The van der Waals surface area contributed by atoms with Gasteiger partial charge < -0.3 is 5.11 Å². The smallest absolute Gasteiger partial charge is 0.335 e. The Kier molecular flexibility index (Phi) is 5.21. The van der Waals surface area contributed by atoms with Gasteiger partial charge in [-0.25, -0.2) is 14.8 Å². The first-order valence-corrected chi connectivity index (χ1v) is 8.43. The van der Waals surface area contributed by atoms with Gasteiger partial charge in [-0.2, -0.15) is 5.10 Å². The molecular formula is C20H18N4O4. The van der Waals surface area contributed by atoms with Gasteiger partial charge in [-0.15, -0.1) is 0 Å². The van der Waals surface area contributed by atoms with Crippen molar-refractivity contribution in [3.8, 4) is 11.6 Å². The van der Waals surface area contributed by atoms with Gasteiger partial charge in [0.05, 0.1) is 11.9 Å². The lowest BCUT2D eigenvalue weighted by Gasteiger charge is -2.12. The zero-order valence-electron chi connectivity index (χ0n) is 15.3. The quantitative estimate of drug-likeness (QED) is 0.472. The molecule has 0 unspecified atom stereocenters. The number of carbonyl (C=O) groups excluding carboxylic acids is 1. The zero-order chi connectivity index (χ0) is 20.3. The van der Waals surface area contributed by atoms with Crippen LogP contribution in [-0.4, -0.2) is 26.8 Å². The van der Waals surface area contributed by atoms with Crippen LogP contribution >= 0.6 is 0 Å². The Morgan fingerprint density at radius 3 is 2.54 bits per heavy atom. The van der Waals surface area contributed by atoms with Crippen molar-refractivity contribution < 1.29 is 9.90 Å². The van der Waals surface area contributed by atoms with Crippen LogP contribution in [0, 0.1) is 13.8 Å². The highest BCUT2D eigenvalue weighted by Gasteiger charge is 2.15. The summed E-state index contributed by atoms with van der Waals surface area (Å²) in [4.78, 5) is 38.5. The third kappa shape index (κ3) is 3.75. The van der Waals surface area contributed by atoms with Gasteiger partial charge >= 0.3 is 5.69 Å². The highest BCUT2D eigenvalue weighted by atomic mass is 16.3. The molecule has 0 aliphatic carbocycles. The molecule has 8 heteroatoms. The first kappa shape index (κ1) is 18.8. The van der Waals surface area contributed by atoms with Gasteiger partial charge in [0, 0.05) is 5.56 Å². The van der Waals surface area contributed by atoms with Crippen LogP contribution in [0.1, 0.15) is 27.0 Å². The predicted molar refractivity (Wildman–Crippen MR) is 105 cm³/mol. The third-order valence-corrected chi connectivity index (χ3v) is 4.11.